The normalized spacial score (nSPS) is 17.1. The first-order chi connectivity index (χ1) is 16.2. The second-order valence-corrected chi connectivity index (χ2v) is 9.88. The minimum atomic E-state index is -0.295. The van der Waals surface area contributed by atoms with Crippen LogP contribution in [0.25, 0.3) is 5.65 Å². The highest BCUT2D eigenvalue weighted by atomic mass is 16.5. The van der Waals surface area contributed by atoms with Crippen LogP contribution in [0.5, 0.6) is 5.75 Å². The molecular formula is C25H30N6O3. The van der Waals surface area contributed by atoms with Crippen LogP contribution in [-0.4, -0.2) is 63.1 Å². The number of ether oxygens (including phenoxy) is 1. The molecule has 0 spiro atoms. The maximum atomic E-state index is 13.3. The topological polar surface area (TPSA) is 92.1 Å². The summed E-state index contributed by atoms with van der Waals surface area (Å²) in [7, 11) is 0. The Morgan fingerprint density at radius 2 is 1.91 bits per heavy atom. The molecule has 9 nitrogen and oxygen atoms in total. The number of benzene rings is 1. The average molecular weight is 463 g/mol. The molecule has 34 heavy (non-hydrogen) atoms. The minimum Gasteiger partial charge on any atom is -0.487 e. The van der Waals surface area contributed by atoms with Crippen molar-refractivity contribution in [3.8, 4) is 5.75 Å². The number of hydrogen-bond acceptors (Lipinski definition) is 6. The average Bonchev–Trinajstić information content (AvgIpc) is 3.37. The van der Waals surface area contributed by atoms with Crippen molar-refractivity contribution in [2.45, 2.75) is 39.7 Å². The van der Waals surface area contributed by atoms with Crippen molar-refractivity contribution in [3.05, 3.63) is 47.9 Å². The van der Waals surface area contributed by atoms with Crippen molar-refractivity contribution in [1.29, 1.82) is 0 Å². The van der Waals surface area contributed by atoms with Crippen LogP contribution in [0.15, 0.2) is 36.8 Å². The van der Waals surface area contributed by atoms with Gasteiger partial charge in [0, 0.05) is 62.5 Å². The summed E-state index contributed by atoms with van der Waals surface area (Å²) in [6.45, 7) is 10.6. The zero-order chi connectivity index (χ0) is 24.0. The van der Waals surface area contributed by atoms with Gasteiger partial charge in [-0.3, -0.25) is 9.59 Å². The smallest absolute Gasteiger partial charge is 0.261 e. The fourth-order valence-corrected chi connectivity index (χ4v) is 4.71. The highest BCUT2D eigenvalue weighted by molar-refractivity contribution is 6.09. The van der Waals surface area contributed by atoms with Gasteiger partial charge >= 0.3 is 0 Å². The molecule has 9 heteroatoms. The predicted octanol–water partition coefficient (Wildman–Crippen LogP) is 3.00. The van der Waals surface area contributed by atoms with Gasteiger partial charge in [-0.1, -0.05) is 13.8 Å². The summed E-state index contributed by atoms with van der Waals surface area (Å²) in [6.07, 6.45) is 5.71. The molecule has 4 heterocycles. The number of nitrogens with zero attached hydrogens (tertiary/aromatic N) is 5. The van der Waals surface area contributed by atoms with Crippen LogP contribution in [0.3, 0.4) is 0 Å². The van der Waals surface area contributed by atoms with E-state index in [0.29, 0.717) is 37.4 Å². The Kier molecular flexibility index (Phi) is 5.42. The summed E-state index contributed by atoms with van der Waals surface area (Å²) in [5.74, 6) is 0.738. The number of aromatic nitrogens is 3. The molecule has 2 aliphatic heterocycles. The van der Waals surface area contributed by atoms with Gasteiger partial charge in [-0.25, -0.2) is 9.50 Å². The Hall–Kier alpha value is -3.62. The molecule has 2 aromatic heterocycles. The monoisotopic (exact) mass is 462 g/mol. The van der Waals surface area contributed by atoms with Crippen LogP contribution in [0, 0.1) is 5.92 Å². The second kappa shape index (κ2) is 8.30. The molecule has 0 atom stereocenters. The van der Waals surface area contributed by atoms with Gasteiger partial charge in [-0.15, -0.1) is 0 Å². The van der Waals surface area contributed by atoms with Gasteiger partial charge < -0.3 is 19.9 Å². The van der Waals surface area contributed by atoms with Crippen molar-refractivity contribution < 1.29 is 14.3 Å². The lowest BCUT2D eigenvalue weighted by Crippen LogP contribution is -2.50. The van der Waals surface area contributed by atoms with Crippen molar-refractivity contribution >= 4 is 28.8 Å². The fourth-order valence-electron chi connectivity index (χ4n) is 4.71. The highest BCUT2D eigenvalue weighted by Gasteiger charge is 2.33. The summed E-state index contributed by atoms with van der Waals surface area (Å²) in [5, 5.41) is 7.34. The van der Waals surface area contributed by atoms with Crippen molar-refractivity contribution in [2.24, 2.45) is 5.92 Å². The third-order valence-corrected chi connectivity index (χ3v) is 6.38. The number of piperazine rings is 1. The molecule has 2 aliphatic rings. The van der Waals surface area contributed by atoms with Gasteiger partial charge in [0.15, 0.2) is 5.65 Å². The van der Waals surface area contributed by atoms with E-state index in [4.69, 9.17) is 4.74 Å². The van der Waals surface area contributed by atoms with E-state index in [1.54, 1.807) is 23.0 Å². The Bertz CT molecular complexity index is 1260. The third kappa shape index (κ3) is 4.06. The lowest BCUT2D eigenvalue weighted by molar-refractivity contribution is -0.134. The Morgan fingerprint density at radius 1 is 1.15 bits per heavy atom. The molecule has 1 aromatic carbocycles. The van der Waals surface area contributed by atoms with Gasteiger partial charge in [-0.2, -0.15) is 5.10 Å². The summed E-state index contributed by atoms with van der Waals surface area (Å²) in [4.78, 5) is 34.1. The van der Waals surface area contributed by atoms with Crippen LogP contribution in [0.1, 0.15) is 43.6 Å². The van der Waals surface area contributed by atoms with Crippen LogP contribution < -0.4 is 15.0 Å². The van der Waals surface area contributed by atoms with Gasteiger partial charge in [-0.05, 0) is 26.0 Å². The number of anilines is 2. The van der Waals surface area contributed by atoms with E-state index in [0.717, 1.165) is 29.1 Å². The van der Waals surface area contributed by atoms with Crippen LogP contribution >= 0.6 is 0 Å². The summed E-state index contributed by atoms with van der Waals surface area (Å²) in [6, 6.07) is 5.81. The molecule has 0 aliphatic carbocycles. The number of carbonyl (C=O) groups excluding carboxylic acids is 2. The number of fused-ring (bicyclic) bond motifs is 2. The number of carbonyl (C=O) groups is 2. The molecule has 1 saturated heterocycles. The van der Waals surface area contributed by atoms with Crippen LogP contribution in [0.4, 0.5) is 11.4 Å². The zero-order valence-electron chi connectivity index (χ0n) is 20.0. The first-order valence-corrected chi connectivity index (χ1v) is 11.7. The van der Waals surface area contributed by atoms with Crippen LogP contribution in [-0.2, 0) is 11.2 Å². The maximum absolute atomic E-state index is 13.3. The van der Waals surface area contributed by atoms with E-state index in [1.165, 1.54) is 6.20 Å². The molecular weight excluding hydrogens is 432 g/mol. The van der Waals surface area contributed by atoms with E-state index in [-0.39, 0.29) is 23.3 Å². The summed E-state index contributed by atoms with van der Waals surface area (Å²) in [5.41, 5.74) is 3.31. The fraction of sp³-hybridized carbons (Fsp3) is 0.440. The van der Waals surface area contributed by atoms with E-state index < -0.39 is 0 Å². The van der Waals surface area contributed by atoms with Gasteiger partial charge in [0.1, 0.15) is 16.9 Å². The third-order valence-electron chi connectivity index (χ3n) is 6.38. The lowest BCUT2D eigenvalue weighted by Gasteiger charge is -2.37. The summed E-state index contributed by atoms with van der Waals surface area (Å²) >= 11 is 0. The molecule has 3 aromatic rings. The summed E-state index contributed by atoms with van der Waals surface area (Å²) < 4.78 is 7.76. The quantitative estimate of drug-likeness (QED) is 0.641. The maximum Gasteiger partial charge on any atom is 0.261 e. The first-order valence-electron chi connectivity index (χ1n) is 11.7. The number of rotatable bonds is 4. The number of nitrogens with one attached hydrogen (secondary N) is 1. The SMILES string of the molecule is CC(C)C(=O)N1CCN(c2cc3c(cc2NC(=O)c2cnn4cccnc24)CC(C)(C)O3)CC1. The standard InChI is InChI=1S/C25H30N6O3/c1-16(2)24(33)30-10-8-29(9-11-30)20-13-21-17(14-25(3,4)34-21)12-19(20)28-23(32)18-15-27-31-7-5-6-26-22(18)31/h5-7,12-13,15-16H,8-11,14H2,1-4H3,(H,28,32). The molecule has 1 fully saturated rings. The molecule has 0 unspecified atom stereocenters. The van der Waals surface area contributed by atoms with Crippen LogP contribution in [0.2, 0.25) is 0 Å². The van der Waals surface area contributed by atoms with Crippen molar-refractivity contribution in [1.82, 2.24) is 19.5 Å². The van der Waals surface area contributed by atoms with E-state index in [9.17, 15) is 9.59 Å². The molecule has 178 valence electrons. The number of hydrogen-bond donors (Lipinski definition) is 1. The molecule has 2 amide bonds. The first kappa shape index (κ1) is 22.2. The molecule has 0 saturated carbocycles. The predicted molar refractivity (Wildman–Crippen MR) is 129 cm³/mol. The zero-order valence-corrected chi connectivity index (χ0v) is 20.0. The van der Waals surface area contributed by atoms with E-state index in [1.807, 2.05) is 30.9 Å². The Balaban J connectivity index is 1.45. The van der Waals surface area contributed by atoms with Gasteiger partial charge in [0.2, 0.25) is 5.91 Å². The number of amides is 2. The lowest BCUT2D eigenvalue weighted by atomic mass is 10.0. The van der Waals surface area contributed by atoms with Crippen molar-refractivity contribution in [2.75, 3.05) is 36.4 Å². The van der Waals surface area contributed by atoms with Gasteiger partial charge in [0.25, 0.3) is 5.91 Å². The molecule has 5 rings (SSSR count). The minimum absolute atomic E-state index is 0.0171. The van der Waals surface area contributed by atoms with E-state index >= 15 is 0 Å². The Labute approximate surface area is 198 Å². The van der Waals surface area contributed by atoms with Gasteiger partial charge in [0.05, 0.1) is 17.6 Å². The largest absolute Gasteiger partial charge is 0.487 e. The highest BCUT2D eigenvalue weighted by Crippen LogP contribution is 2.42. The molecule has 0 bridgehead atoms. The Morgan fingerprint density at radius 3 is 2.65 bits per heavy atom. The second-order valence-electron chi connectivity index (χ2n) is 9.88. The molecule has 0 radical (unpaired) electrons. The molecule has 1 N–H and O–H groups in total. The van der Waals surface area contributed by atoms with Crippen molar-refractivity contribution in [3.63, 3.8) is 0 Å². The van der Waals surface area contributed by atoms with E-state index in [2.05, 4.69) is 34.1 Å².